The summed E-state index contributed by atoms with van der Waals surface area (Å²) in [5.74, 6) is 0.737. The van der Waals surface area contributed by atoms with E-state index in [9.17, 15) is 10.3 Å². The second kappa shape index (κ2) is 3.30. The molecule has 0 heterocycles. The molecule has 0 spiro atoms. The van der Waals surface area contributed by atoms with Crippen molar-refractivity contribution in [1.29, 1.82) is 0 Å². The summed E-state index contributed by atoms with van der Waals surface area (Å²) in [7, 11) is 0. The first-order valence-electron chi connectivity index (χ1n) is 7.18. The van der Waals surface area contributed by atoms with Crippen molar-refractivity contribution in [2.24, 2.45) is 33.2 Å². The molecule has 0 amide bonds. The highest BCUT2D eigenvalue weighted by Gasteiger charge is 2.70. The van der Waals surface area contributed by atoms with Gasteiger partial charge in [-0.15, -0.1) is 0 Å². The first-order chi connectivity index (χ1) is 8.27. The highest BCUT2D eigenvalue weighted by atomic mass is 16.4. The summed E-state index contributed by atoms with van der Waals surface area (Å²) >= 11 is 0. The lowest BCUT2D eigenvalue weighted by Gasteiger charge is -2.44. The maximum atomic E-state index is 10.8. The second-order valence-corrected chi connectivity index (χ2v) is 7.93. The Morgan fingerprint density at radius 3 is 2.33 bits per heavy atom. The summed E-state index contributed by atoms with van der Waals surface area (Å²) in [6, 6.07) is 0. The van der Waals surface area contributed by atoms with E-state index in [1.807, 2.05) is 0 Å². The van der Waals surface area contributed by atoms with Crippen LogP contribution in [0, 0.1) is 28.1 Å². The van der Waals surface area contributed by atoms with E-state index >= 15 is 0 Å². The van der Waals surface area contributed by atoms with Gasteiger partial charge in [-0.2, -0.15) is 0 Å². The lowest BCUT2D eigenvalue weighted by molar-refractivity contribution is -0.0580. The van der Waals surface area contributed by atoms with Gasteiger partial charge in [-0.3, -0.25) is 0 Å². The monoisotopic (exact) mass is 251 g/mol. The molecular weight excluding hydrogens is 226 g/mol. The van der Waals surface area contributed by atoms with Crippen molar-refractivity contribution in [3.05, 3.63) is 0 Å². The summed E-state index contributed by atoms with van der Waals surface area (Å²) in [5.41, 5.74) is 0.832. The van der Waals surface area contributed by atoms with Crippen LogP contribution >= 0.6 is 0 Å². The zero-order chi connectivity index (χ0) is 13.3. The van der Waals surface area contributed by atoms with Crippen LogP contribution in [0.4, 0.5) is 0 Å². The summed E-state index contributed by atoms with van der Waals surface area (Å²) in [6.07, 6.45) is 4.15. The van der Waals surface area contributed by atoms with Crippen molar-refractivity contribution in [3.8, 4) is 0 Å². The lowest BCUT2D eigenvalue weighted by atomic mass is 9.63. The maximum Gasteiger partial charge on any atom is 0.0667 e. The molecule has 3 fully saturated rings. The number of fused-ring (bicyclic) bond motifs is 5. The predicted octanol–water partition coefficient (Wildman–Crippen LogP) is 3.05. The van der Waals surface area contributed by atoms with Crippen LogP contribution in [0.2, 0.25) is 0 Å². The minimum atomic E-state index is -0.249. The highest BCUT2D eigenvalue weighted by molar-refractivity contribution is 5.95. The molecule has 5 unspecified atom stereocenters. The van der Waals surface area contributed by atoms with Crippen molar-refractivity contribution in [2.75, 3.05) is 0 Å². The molecule has 0 radical (unpaired) electrons. The molecule has 3 saturated carbocycles. The van der Waals surface area contributed by atoms with Crippen LogP contribution in [0.5, 0.6) is 0 Å². The predicted molar refractivity (Wildman–Crippen MR) is 70.7 cm³/mol. The number of hydrogen-bond donors (Lipinski definition) is 2. The summed E-state index contributed by atoms with van der Waals surface area (Å²) in [5, 5.41) is 23.9. The van der Waals surface area contributed by atoms with Crippen molar-refractivity contribution in [1.82, 2.24) is 0 Å². The van der Waals surface area contributed by atoms with Crippen LogP contribution < -0.4 is 0 Å². The average molecular weight is 251 g/mol. The fourth-order valence-corrected chi connectivity index (χ4v) is 5.56. The van der Waals surface area contributed by atoms with Crippen LogP contribution in [0.3, 0.4) is 0 Å². The number of oxime groups is 1. The molecule has 0 aliphatic heterocycles. The topological polar surface area (TPSA) is 52.8 Å². The highest BCUT2D eigenvalue weighted by Crippen LogP contribution is 2.70. The molecule has 18 heavy (non-hydrogen) atoms. The normalized spacial score (nSPS) is 55.8. The molecule has 3 heteroatoms. The van der Waals surface area contributed by atoms with Gasteiger partial charge < -0.3 is 10.3 Å². The molecule has 0 aromatic carbocycles. The molecule has 2 N–H and O–H groups in total. The van der Waals surface area contributed by atoms with Crippen molar-refractivity contribution in [3.63, 3.8) is 0 Å². The number of rotatable bonds is 0. The van der Waals surface area contributed by atoms with Gasteiger partial charge in [-0.25, -0.2) is 0 Å². The molecule has 2 bridgehead atoms. The second-order valence-electron chi connectivity index (χ2n) is 7.93. The van der Waals surface area contributed by atoms with E-state index in [1.165, 1.54) is 6.42 Å². The summed E-state index contributed by atoms with van der Waals surface area (Å²) in [4.78, 5) is 0. The molecular formula is C15H25NO2. The molecule has 0 aromatic rings. The molecule has 0 aromatic heterocycles. The van der Waals surface area contributed by atoms with E-state index in [0.29, 0.717) is 5.92 Å². The molecule has 3 aliphatic carbocycles. The molecule has 3 nitrogen and oxygen atoms in total. The average Bonchev–Trinajstić information content (AvgIpc) is 2.60. The summed E-state index contributed by atoms with van der Waals surface area (Å²) in [6.45, 7) is 8.80. The third-order valence-corrected chi connectivity index (χ3v) is 6.47. The Bertz CT molecular complexity index is 417. The zero-order valence-electron chi connectivity index (χ0n) is 11.9. The van der Waals surface area contributed by atoms with Gasteiger partial charge in [0.2, 0.25) is 0 Å². The first kappa shape index (κ1) is 12.5. The van der Waals surface area contributed by atoms with Gasteiger partial charge in [0.05, 0.1) is 11.8 Å². The van der Waals surface area contributed by atoms with Gasteiger partial charge in [0.15, 0.2) is 0 Å². The fraction of sp³-hybridized carbons (Fsp3) is 0.933. The van der Waals surface area contributed by atoms with E-state index < -0.39 is 0 Å². The fourth-order valence-electron chi connectivity index (χ4n) is 5.56. The Morgan fingerprint density at radius 1 is 1.11 bits per heavy atom. The largest absolute Gasteiger partial charge is 0.411 e. The van der Waals surface area contributed by atoms with Crippen LogP contribution in [0.25, 0.3) is 0 Å². The van der Waals surface area contributed by atoms with Gasteiger partial charge in [0.1, 0.15) is 0 Å². The van der Waals surface area contributed by atoms with Gasteiger partial charge >= 0.3 is 0 Å². The Balaban J connectivity index is 2.15. The van der Waals surface area contributed by atoms with E-state index in [4.69, 9.17) is 0 Å². The molecule has 3 rings (SSSR count). The van der Waals surface area contributed by atoms with Gasteiger partial charge in [0, 0.05) is 16.7 Å². The smallest absolute Gasteiger partial charge is 0.0667 e. The van der Waals surface area contributed by atoms with E-state index in [-0.39, 0.29) is 28.3 Å². The number of hydrogen-bond acceptors (Lipinski definition) is 3. The Hall–Kier alpha value is -0.570. The lowest BCUT2D eigenvalue weighted by Crippen LogP contribution is -2.45. The van der Waals surface area contributed by atoms with Gasteiger partial charge in [0.25, 0.3) is 0 Å². The van der Waals surface area contributed by atoms with Crippen LogP contribution in [0.1, 0.15) is 53.4 Å². The van der Waals surface area contributed by atoms with Crippen LogP contribution in [-0.2, 0) is 0 Å². The van der Waals surface area contributed by atoms with Gasteiger partial charge in [-0.1, -0.05) is 39.3 Å². The third kappa shape index (κ3) is 1.17. The standard InChI is InChI=1S/C15H25NO2/c1-13(2)8-9-10(11(13)16-18)15(4)7-5-6-14(9,3)12(15)17/h9-10,12,17-18H,5-8H2,1-4H3/b16-11+. The van der Waals surface area contributed by atoms with Crippen LogP contribution in [0.15, 0.2) is 5.16 Å². The number of aliphatic hydroxyl groups is 1. The van der Waals surface area contributed by atoms with Crippen molar-refractivity contribution < 1.29 is 10.3 Å². The minimum absolute atomic E-state index is 0.0153. The molecule has 5 atom stereocenters. The van der Waals surface area contributed by atoms with E-state index in [2.05, 4.69) is 32.9 Å². The number of nitrogens with zero attached hydrogens (tertiary/aromatic N) is 1. The summed E-state index contributed by atoms with van der Waals surface area (Å²) < 4.78 is 0. The Labute approximate surface area is 109 Å². The van der Waals surface area contributed by atoms with Crippen molar-refractivity contribution in [2.45, 2.75) is 59.5 Å². The molecule has 0 saturated heterocycles. The van der Waals surface area contributed by atoms with Crippen molar-refractivity contribution >= 4 is 5.71 Å². The quantitative estimate of drug-likeness (QED) is 0.513. The van der Waals surface area contributed by atoms with Crippen LogP contribution in [-0.4, -0.2) is 22.1 Å². The third-order valence-electron chi connectivity index (χ3n) is 6.47. The number of aliphatic hydroxyl groups excluding tert-OH is 1. The van der Waals surface area contributed by atoms with E-state index in [1.54, 1.807) is 0 Å². The Morgan fingerprint density at radius 2 is 1.72 bits per heavy atom. The SMILES string of the molecule is CC1(C)CC2C(/C1=N\O)C1(C)CCCC2(C)C1O. The zero-order valence-corrected chi connectivity index (χ0v) is 11.9. The first-order valence-corrected chi connectivity index (χ1v) is 7.18. The maximum absolute atomic E-state index is 10.8. The van der Waals surface area contributed by atoms with E-state index in [0.717, 1.165) is 25.0 Å². The minimum Gasteiger partial charge on any atom is -0.411 e. The Kier molecular flexibility index (Phi) is 2.28. The molecule has 3 aliphatic rings. The van der Waals surface area contributed by atoms with Gasteiger partial charge in [-0.05, 0) is 30.6 Å². The molecule has 102 valence electrons.